The van der Waals surface area contributed by atoms with Gasteiger partial charge in [-0.25, -0.2) is 4.79 Å². The first-order valence-corrected chi connectivity index (χ1v) is 7.03. The Hall–Kier alpha value is -1.43. The molecule has 0 aromatic carbocycles. The molecule has 0 bridgehead atoms. The van der Waals surface area contributed by atoms with Crippen molar-refractivity contribution in [2.75, 3.05) is 6.54 Å². The molecular weight excluding hydrogens is 260 g/mol. The molecule has 6 nitrogen and oxygen atoms in total. The number of imide groups is 1. The van der Waals surface area contributed by atoms with Gasteiger partial charge in [-0.1, -0.05) is 27.7 Å². The standard InChI is InChI=1S/C14H26N2O4/c1-9(2)12(17)16(13(18)10(3)4)11(14(19)20)7-5-6-8-15/h9-11H,5-8,15H2,1-4H3,(H,19,20). The monoisotopic (exact) mass is 286 g/mol. The Bertz CT molecular complexity index is 333. The van der Waals surface area contributed by atoms with Gasteiger partial charge >= 0.3 is 5.97 Å². The van der Waals surface area contributed by atoms with Crippen LogP contribution in [-0.2, 0) is 14.4 Å². The summed E-state index contributed by atoms with van der Waals surface area (Å²) in [5, 5.41) is 9.33. The molecule has 0 heterocycles. The summed E-state index contributed by atoms with van der Waals surface area (Å²) in [7, 11) is 0. The second-order valence-corrected chi connectivity index (χ2v) is 5.49. The zero-order chi connectivity index (χ0) is 15.9. The number of nitrogens with two attached hydrogens (primary N) is 1. The molecule has 0 radical (unpaired) electrons. The molecule has 0 aliphatic rings. The highest BCUT2D eigenvalue weighted by molar-refractivity contribution is 6.00. The fourth-order valence-electron chi connectivity index (χ4n) is 1.82. The zero-order valence-corrected chi connectivity index (χ0v) is 12.8. The Morgan fingerprint density at radius 3 is 1.75 bits per heavy atom. The smallest absolute Gasteiger partial charge is 0.326 e. The maximum Gasteiger partial charge on any atom is 0.326 e. The van der Waals surface area contributed by atoms with E-state index in [2.05, 4.69) is 0 Å². The number of nitrogens with zero attached hydrogens (tertiary/aromatic N) is 1. The van der Waals surface area contributed by atoms with Crippen LogP contribution in [0.2, 0.25) is 0 Å². The van der Waals surface area contributed by atoms with Gasteiger partial charge in [0.25, 0.3) is 0 Å². The average Bonchev–Trinajstić information content (AvgIpc) is 2.36. The van der Waals surface area contributed by atoms with Gasteiger partial charge < -0.3 is 10.8 Å². The van der Waals surface area contributed by atoms with Crippen LogP contribution in [0.15, 0.2) is 0 Å². The van der Waals surface area contributed by atoms with Crippen molar-refractivity contribution >= 4 is 17.8 Å². The third-order valence-electron chi connectivity index (χ3n) is 2.99. The van der Waals surface area contributed by atoms with E-state index in [1.807, 2.05) is 0 Å². The van der Waals surface area contributed by atoms with E-state index in [0.717, 1.165) is 4.90 Å². The Labute approximate surface area is 120 Å². The number of amides is 2. The molecule has 2 amide bonds. The quantitative estimate of drug-likeness (QED) is 0.654. The summed E-state index contributed by atoms with van der Waals surface area (Å²) < 4.78 is 0. The molecule has 0 fully saturated rings. The fourth-order valence-corrected chi connectivity index (χ4v) is 1.82. The predicted molar refractivity (Wildman–Crippen MR) is 75.9 cm³/mol. The Morgan fingerprint density at radius 1 is 1.00 bits per heavy atom. The lowest BCUT2D eigenvalue weighted by Gasteiger charge is -2.30. The number of carboxylic acid groups (broad SMARTS) is 1. The molecule has 0 saturated carbocycles. The molecule has 1 atom stereocenters. The summed E-state index contributed by atoms with van der Waals surface area (Å²) in [4.78, 5) is 36.7. The van der Waals surface area contributed by atoms with Crippen LogP contribution in [0.3, 0.4) is 0 Å². The van der Waals surface area contributed by atoms with Crippen LogP contribution in [0.25, 0.3) is 0 Å². The third-order valence-corrected chi connectivity index (χ3v) is 2.99. The minimum atomic E-state index is -1.15. The Morgan fingerprint density at radius 2 is 1.45 bits per heavy atom. The highest BCUT2D eigenvalue weighted by Crippen LogP contribution is 2.16. The van der Waals surface area contributed by atoms with Crippen LogP contribution in [0, 0.1) is 11.8 Å². The van der Waals surface area contributed by atoms with Gasteiger partial charge in [-0.05, 0) is 25.8 Å². The maximum absolute atomic E-state index is 12.2. The minimum absolute atomic E-state index is 0.240. The maximum atomic E-state index is 12.2. The molecule has 0 aromatic heterocycles. The Balaban J connectivity index is 5.26. The van der Waals surface area contributed by atoms with Crippen molar-refractivity contribution in [3.05, 3.63) is 0 Å². The van der Waals surface area contributed by atoms with Crippen molar-refractivity contribution in [1.29, 1.82) is 0 Å². The molecule has 0 saturated heterocycles. The van der Waals surface area contributed by atoms with Crippen molar-refractivity contribution in [2.45, 2.75) is 53.0 Å². The number of hydrogen-bond acceptors (Lipinski definition) is 4. The van der Waals surface area contributed by atoms with Crippen molar-refractivity contribution < 1.29 is 19.5 Å². The minimum Gasteiger partial charge on any atom is -0.480 e. The van der Waals surface area contributed by atoms with E-state index in [0.29, 0.717) is 19.4 Å². The van der Waals surface area contributed by atoms with Crippen LogP contribution in [-0.4, -0.2) is 40.4 Å². The van der Waals surface area contributed by atoms with Crippen LogP contribution in [0.5, 0.6) is 0 Å². The van der Waals surface area contributed by atoms with Crippen LogP contribution < -0.4 is 5.73 Å². The van der Waals surface area contributed by atoms with Gasteiger partial charge in [0.15, 0.2) is 0 Å². The predicted octanol–water partition coefficient (Wildman–Crippen LogP) is 1.24. The molecule has 20 heavy (non-hydrogen) atoms. The molecule has 0 aliphatic carbocycles. The SMILES string of the molecule is CC(C)C(=O)N(C(=O)C(C)C)C(CCCCN)C(=O)O. The molecule has 3 N–H and O–H groups in total. The summed E-state index contributed by atoms with van der Waals surface area (Å²) in [5.74, 6) is -2.87. The molecule has 0 rings (SSSR count). The summed E-state index contributed by atoms with van der Waals surface area (Å²) in [6, 6.07) is -1.11. The molecule has 116 valence electrons. The van der Waals surface area contributed by atoms with Crippen molar-refractivity contribution in [3.8, 4) is 0 Å². The number of rotatable bonds is 8. The number of hydrogen-bond donors (Lipinski definition) is 2. The summed E-state index contributed by atoms with van der Waals surface area (Å²) in [6.45, 7) is 7.08. The van der Waals surface area contributed by atoms with Crippen LogP contribution in [0.4, 0.5) is 0 Å². The van der Waals surface area contributed by atoms with E-state index < -0.39 is 35.7 Å². The first kappa shape index (κ1) is 18.6. The highest BCUT2D eigenvalue weighted by atomic mass is 16.4. The lowest BCUT2D eigenvalue weighted by Crippen LogP contribution is -2.51. The normalized spacial score (nSPS) is 12.6. The molecule has 1 unspecified atom stereocenters. The van der Waals surface area contributed by atoms with Gasteiger partial charge in [0, 0.05) is 11.8 Å². The van der Waals surface area contributed by atoms with E-state index in [4.69, 9.17) is 5.73 Å². The summed E-state index contributed by atoms with van der Waals surface area (Å²) in [6.07, 6.45) is 1.48. The van der Waals surface area contributed by atoms with E-state index in [1.54, 1.807) is 27.7 Å². The lowest BCUT2D eigenvalue weighted by molar-refractivity contribution is -0.161. The topological polar surface area (TPSA) is 101 Å². The van der Waals surface area contributed by atoms with Gasteiger partial charge in [-0.15, -0.1) is 0 Å². The molecule has 0 aromatic rings. The Kier molecular flexibility index (Phi) is 8.06. The van der Waals surface area contributed by atoms with Crippen LogP contribution >= 0.6 is 0 Å². The number of carbonyl (C=O) groups is 3. The second kappa shape index (κ2) is 8.68. The molecule has 6 heteroatoms. The first-order valence-electron chi connectivity index (χ1n) is 7.03. The number of carbonyl (C=O) groups excluding carboxylic acids is 2. The van der Waals surface area contributed by atoms with E-state index in [9.17, 15) is 19.5 Å². The van der Waals surface area contributed by atoms with Crippen molar-refractivity contribution in [2.24, 2.45) is 17.6 Å². The van der Waals surface area contributed by atoms with Gasteiger partial charge in [0.2, 0.25) is 11.8 Å². The van der Waals surface area contributed by atoms with Gasteiger partial charge in [-0.2, -0.15) is 0 Å². The van der Waals surface area contributed by atoms with Crippen molar-refractivity contribution in [3.63, 3.8) is 0 Å². The number of unbranched alkanes of at least 4 members (excludes halogenated alkanes) is 1. The molecular formula is C14H26N2O4. The van der Waals surface area contributed by atoms with Gasteiger partial charge in [0.05, 0.1) is 0 Å². The summed E-state index contributed by atoms with van der Waals surface area (Å²) in [5.41, 5.74) is 5.39. The largest absolute Gasteiger partial charge is 0.480 e. The first-order chi connectivity index (χ1) is 9.23. The van der Waals surface area contributed by atoms with E-state index in [1.165, 1.54) is 0 Å². The second-order valence-electron chi connectivity index (χ2n) is 5.49. The lowest BCUT2D eigenvalue weighted by atomic mass is 10.0. The van der Waals surface area contributed by atoms with E-state index >= 15 is 0 Å². The summed E-state index contributed by atoms with van der Waals surface area (Å²) >= 11 is 0. The van der Waals surface area contributed by atoms with Crippen LogP contribution in [0.1, 0.15) is 47.0 Å². The molecule has 0 aliphatic heterocycles. The number of aliphatic carboxylic acids is 1. The number of carboxylic acids is 1. The third kappa shape index (κ3) is 5.28. The highest BCUT2D eigenvalue weighted by Gasteiger charge is 2.36. The van der Waals surface area contributed by atoms with Crippen molar-refractivity contribution in [1.82, 2.24) is 4.90 Å². The zero-order valence-electron chi connectivity index (χ0n) is 12.8. The van der Waals surface area contributed by atoms with Gasteiger partial charge in [-0.3, -0.25) is 14.5 Å². The molecule has 0 spiro atoms. The average molecular weight is 286 g/mol. The van der Waals surface area contributed by atoms with Gasteiger partial charge in [0.1, 0.15) is 6.04 Å². The van der Waals surface area contributed by atoms with E-state index in [-0.39, 0.29) is 6.42 Å². The fraction of sp³-hybridized carbons (Fsp3) is 0.786.